The molecule has 0 radical (unpaired) electrons. The first kappa shape index (κ1) is 20.2. The number of carbonyl (C=O) groups is 2. The lowest BCUT2D eigenvalue weighted by atomic mass is 9.80. The second kappa shape index (κ2) is 6.55. The van der Waals surface area contributed by atoms with Gasteiger partial charge in [-0.2, -0.15) is 0 Å². The molecule has 0 aromatic heterocycles. The Kier molecular flexibility index (Phi) is 4.01. The van der Waals surface area contributed by atoms with Gasteiger partial charge in [0.2, 0.25) is 0 Å². The number of amides is 2. The number of phenols is 1. The highest BCUT2D eigenvalue weighted by Crippen LogP contribution is 2.56. The number of hydrogen-bond acceptors (Lipinski definition) is 3. The number of rotatable bonds is 1. The zero-order valence-electron chi connectivity index (χ0n) is 18.4. The molecule has 0 atom stereocenters. The van der Waals surface area contributed by atoms with E-state index in [0.717, 1.165) is 43.1 Å². The van der Waals surface area contributed by atoms with Gasteiger partial charge in [0, 0.05) is 20.8 Å². The van der Waals surface area contributed by atoms with Gasteiger partial charge in [-0.25, -0.2) is 4.90 Å². The van der Waals surface area contributed by atoms with E-state index in [1.165, 1.54) is 4.90 Å². The van der Waals surface area contributed by atoms with Crippen molar-refractivity contribution in [1.82, 2.24) is 0 Å². The molecule has 4 aromatic carbocycles. The van der Waals surface area contributed by atoms with Gasteiger partial charge in [0.25, 0.3) is 11.8 Å². The zero-order chi connectivity index (χ0) is 23.2. The zero-order valence-corrected chi connectivity index (χ0v) is 19.9. The van der Waals surface area contributed by atoms with Crippen molar-refractivity contribution in [3.63, 3.8) is 0 Å². The van der Waals surface area contributed by atoms with Gasteiger partial charge >= 0.3 is 0 Å². The summed E-state index contributed by atoms with van der Waals surface area (Å²) in [6, 6.07) is 18.7. The van der Waals surface area contributed by atoms with Crippen LogP contribution in [0, 0.1) is 6.92 Å². The predicted octanol–water partition coefficient (Wildman–Crippen LogP) is 6.72. The number of imide groups is 1. The summed E-state index contributed by atoms with van der Waals surface area (Å²) in [7, 11) is 0. The Morgan fingerprint density at radius 2 is 1.39 bits per heavy atom. The Morgan fingerprint density at radius 1 is 0.788 bits per heavy atom. The molecular weight excluding hydrogens is 478 g/mol. The van der Waals surface area contributed by atoms with E-state index in [-0.39, 0.29) is 17.6 Å². The van der Waals surface area contributed by atoms with Crippen LogP contribution in [0.4, 0.5) is 5.69 Å². The van der Waals surface area contributed by atoms with Gasteiger partial charge in [-0.1, -0.05) is 60.1 Å². The van der Waals surface area contributed by atoms with Gasteiger partial charge in [-0.15, -0.1) is 0 Å². The van der Waals surface area contributed by atoms with E-state index in [0.29, 0.717) is 16.8 Å². The summed E-state index contributed by atoms with van der Waals surface area (Å²) in [5.41, 5.74) is 5.53. The molecule has 0 fully saturated rings. The average Bonchev–Trinajstić information content (AvgIpc) is 3.17. The second-order valence-corrected chi connectivity index (χ2v) is 10.2. The lowest BCUT2D eigenvalue weighted by Crippen LogP contribution is -2.29. The molecule has 5 heteroatoms. The fourth-order valence-electron chi connectivity index (χ4n) is 5.46. The molecule has 0 bridgehead atoms. The number of hydrogen-bond donors (Lipinski definition) is 1. The number of carbonyl (C=O) groups excluding carboxylic acids is 2. The molecule has 6 rings (SSSR count). The van der Waals surface area contributed by atoms with E-state index in [1.54, 1.807) is 12.1 Å². The summed E-state index contributed by atoms with van der Waals surface area (Å²) in [6.07, 6.45) is 0. The number of nitrogens with zero attached hydrogens (tertiary/aromatic N) is 1. The van der Waals surface area contributed by atoms with Gasteiger partial charge in [-0.05, 0) is 64.9 Å². The van der Waals surface area contributed by atoms with Gasteiger partial charge in [-0.3, -0.25) is 9.59 Å². The summed E-state index contributed by atoms with van der Waals surface area (Å²) in [5.74, 6) is -0.387. The molecule has 0 saturated heterocycles. The number of aryl methyl sites for hydroxylation is 1. The van der Waals surface area contributed by atoms with Crippen molar-refractivity contribution >= 4 is 44.2 Å². The molecule has 4 aromatic rings. The molecule has 2 aliphatic rings. The summed E-state index contributed by atoms with van der Waals surface area (Å²) in [4.78, 5) is 28.7. The first-order valence-electron chi connectivity index (χ1n) is 10.8. The lowest BCUT2D eigenvalue weighted by molar-refractivity contribution is 0.0926. The maximum atomic E-state index is 13.9. The Morgan fingerprint density at radius 3 is 2.09 bits per heavy atom. The Hall–Kier alpha value is -3.44. The van der Waals surface area contributed by atoms with E-state index in [2.05, 4.69) is 29.8 Å². The number of phenolic OH excluding ortho intramolecular Hbond substituents is 1. The third-order valence-electron chi connectivity index (χ3n) is 7.06. The van der Waals surface area contributed by atoms with Crippen molar-refractivity contribution in [3.8, 4) is 16.9 Å². The first-order valence-corrected chi connectivity index (χ1v) is 11.6. The van der Waals surface area contributed by atoms with Crippen LogP contribution in [-0.2, 0) is 5.41 Å². The number of aromatic hydroxyl groups is 1. The second-order valence-electron chi connectivity index (χ2n) is 9.28. The average molecular weight is 498 g/mol. The maximum absolute atomic E-state index is 13.9. The van der Waals surface area contributed by atoms with Crippen molar-refractivity contribution in [2.45, 2.75) is 26.2 Å². The minimum absolute atomic E-state index is 0.220. The smallest absolute Gasteiger partial charge is 0.266 e. The van der Waals surface area contributed by atoms with Crippen LogP contribution >= 0.6 is 15.9 Å². The van der Waals surface area contributed by atoms with Gasteiger partial charge in [0.1, 0.15) is 5.75 Å². The quantitative estimate of drug-likeness (QED) is 0.297. The Bertz CT molecular complexity index is 1550. The van der Waals surface area contributed by atoms with E-state index >= 15 is 0 Å². The lowest BCUT2D eigenvalue weighted by Gasteiger charge is -2.22. The molecule has 0 spiro atoms. The van der Waals surface area contributed by atoms with E-state index in [4.69, 9.17) is 0 Å². The molecule has 1 heterocycles. The summed E-state index contributed by atoms with van der Waals surface area (Å²) >= 11 is 3.42. The molecule has 1 N–H and O–H groups in total. The van der Waals surface area contributed by atoms with E-state index in [9.17, 15) is 14.7 Å². The van der Waals surface area contributed by atoms with Crippen molar-refractivity contribution in [1.29, 1.82) is 0 Å². The van der Waals surface area contributed by atoms with Crippen LogP contribution < -0.4 is 4.90 Å². The fraction of sp³-hybridized carbons (Fsp3) is 0.143. The minimum Gasteiger partial charge on any atom is -0.507 e. The number of anilines is 1. The SMILES string of the molecule is Cc1cc2c(c3c1C(=O)N(c1ccc(Br)cc1)C3=O)-c1c(cc(O)c3ccccc13)C2(C)C. The van der Waals surface area contributed by atoms with Crippen LogP contribution in [0.2, 0.25) is 0 Å². The van der Waals surface area contributed by atoms with Crippen LogP contribution in [0.1, 0.15) is 51.3 Å². The monoisotopic (exact) mass is 497 g/mol. The molecule has 4 nitrogen and oxygen atoms in total. The molecule has 1 aliphatic carbocycles. The fourth-order valence-corrected chi connectivity index (χ4v) is 5.73. The summed E-state index contributed by atoms with van der Waals surface area (Å²) in [6.45, 7) is 6.10. The highest BCUT2D eigenvalue weighted by molar-refractivity contribution is 9.10. The standard InChI is InChI=1S/C28H20BrNO3/c1-14-12-19-24(23-18-7-5-4-6-17(18)21(31)13-20(23)28(19,2)3)25-22(14)26(32)30(27(25)33)16-10-8-15(29)9-11-16/h4-13,31H,1-3H3. The van der Waals surface area contributed by atoms with Crippen LogP contribution in [-0.4, -0.2) is 16.9 Å². The first-order chi connectivity index (χ1) is 15.7. The van der Waals surface area contributed by atoms with Crippen molar-refractivity contribution in [3.05, 3.63) is 93.0 Å². The van der Waals surface area contributed by atoms with Gasteiger partial charge in [0.15, 0.2) is 0 Å². The topological polar surface area (TPSA) is 57.6 Å². The molecular formula is C28H20BrNO3. The highest BCUT2D eigenvalue weighted by Gasteiger charge is 2.47. The van der Waals surface area contributed by atoms with Crippen molar-refractivity contribution < 1.29 is 14.7 Å². The normalized spacial score (nSPS) is 15.7. The molecule has 162 valence electrons. The van der Waals surface area contributed by atoms with E-state index in [1.807, 2.05) is 55.5 Å². The van der Waals surface area contributed by atoms with Gasteiger partial charge in [0.05, 0.1) is 16.8 Å². The van der Waals surface area contributed by atoms with Crippen molar-refractivity contribution in [2.24, 2.45) is 0 Å². The summed E-state index contributed by atoms with van der Waals surface area (Å²) in [5, 5.41) is 12.4. The minimum atomic E-state index is -0.430. The third-order valence-corrected chi connectivity index (χ3v) is 7.59. The van der Waals surface area contributed by atoms with Crippen molar-refractivity contribution in [2.75, 3.05) is 4.90 Å². The van der Waals surface area contributed by atoms with Crippen LogP contribution in [0.15, 0.2) is 65.1 Å². The van der Waals surface area contributed by atoms with E-state index < -0.39 is 5.41 Å². The molecule has 0 unspecified atom stereocenters. The van der Waals surface area contributed by atoms with Crippen LogP contribution in [0.25, 0.3) is 21.9 Å². The number of halogens is 1. The largest absolute Gasteiger partial charge is 0.507 e. The molecule has 0 saturated carbocycles. The molecule has 2 amide bonds. The maximum Gasteiger partial charge on any atom is 0.266 e. The summed E-state index contributed by atoms with van der Waals surface area (Å²) < 4.78 is 0.877. The molecule has 1 aliphatic heterocycles. The van der Waals surface area contributed by atoms with Crippen LogP contribution in [0.5, 0.6) is 5.75 Å². The predicted molar refractivity (Wildman–Crippen MR) is 133 cm³/mol. The number of fused-ring (bicyclic) bond motifs is 7. The Balaban J connectivity index is 1.71. The Labute approximate surface area is 199 Å². The highest BCUT2D eigenvalue weighted by atomic mass is 79.9. The molecule has 33 heavy (non-hydrogen) atoms. The van der Waals surface area contributed by atoms with Crippen LogP contribution in [0.3, 0.4) is 0 Å². The van der Waals surface area contributed by atoms with Gasteiger partial charge < -0.3 is 5.11 Å². The third kappa shape index (κ3) is 2.51. The number of benzene rings is 4.